The third kappa shape index (κ3) is 3.02. The van der Waals surface area contributed by atoms with Crippen LogP contribution >= 0.6 is 0 Å². The zero-order chi connectivity index (χ0) is 23.2. The van der Waals surface area contributed by atoms with E-state index >= 15 is 0 Å². The molecule has 0 saturated carbocycles. The fourth-order valence-corrected chi connectivity index (χ4v) is 5.64. The van der Waals surface area contributed by atoms with Gasteiger partial charge in [-0.25, -0.2) is 4.39 Å². The number of carbonyl (C=O) groups is 1. The second-order valence-corrected chi connectivity index (χ2v) is 8.68. The number of hydrogen-bond donors (Lipinski definition) is 1. The molecule has 2 aliphatic heterocycles. The highest BCUT2D eigenvalue weighted by molar-refractivity contribution is 6.00. The summed E-state index contributed by atoms with van der Waals surface area (Å²) >= 11 is 0. The third-order valence-electron chi connectivity index (χ3n) is 6.97. The molecule has 2 heterocycles. The van der Waals surface area contributed by atoms with Gasteiger partial charge in [-0.2, -0.15) is 10.5 Å². The number of hydrogen-bond acceptors (Lipinski definition) is 3. The second-order valence-electron chi connectivity index (χ2n) is 8.68. The van der Waals surface area contributed by atoms with Gasteiger partial charge in [-0.05, 0) is 30.2 Å². The van der Waals surface area contributed by atoms with Crippen LogP contribution in [0.3, 0.4) is 0 Å². The molecule has 0 aliphatic carbocycles. The number of Topliss-reactive ketones (excluding diaryl/α,β-unsaturated/α-hetero) is 1. The first kappa shape index (κ1) is 20.8. The van der Waals surface area contributed by atoms with Gasteiger partial charge in [0.25, 0.3) is 0 Å². The molecule has 160 valence electrons. The van der Waals surface area contributed by atoms with Crippen LogP contribution in [0.1, 0.15) is 45.9 Å². The zero-order valence-corrected chi connectivity index (χ0v) is 18.0. The lowest BCUT2D eigenvalue weighted by molar-refractivity contribution is -0.885. The van der Waals surface area contributed by atoms with Crippen LogP contribution in [0, 0.1) is 33.9 Å². The first-order valence-electron chi connectivity index (χ1n) is 10.8. The van der Waals surface area contributed by atoms with Crippen LogP contribution in [0.5, 0.6) is 0 Å². The predicted molar refractivity (Wildman–Crippen MR) is 121 cm³/mol. The minimum Gasteiger partial charge on any atom is -0.290 e. The van der Waals surface area contributed by atoms with Crippen molar-refractivity contribution in [3.05, 3.63) is 113 Å². The van der Waals surface area contributed by atoms with Gasteiger partial charge in [-0.1, -0.05) is 66.7 Å². The van der Waals surface area contributed by atoms with E-state index in [1.807, 2.05) is 43.5 Å². The van der Waals surface area contributed by atoms with Crippen molar-refractivity contribution < 1.29 is 14.1 Å². The lowest BCUT2D eigenvalue weighted by atomic mass is 9.67. The Labute approximate surface area is 191 Å². The summed E-state index contributed by atoms with van der Waals surface area (Å²) in [5.74, 6) is -1.44. The minimum absolute atomic E-state index is 0.166. The van der Waals surface area contributed by atoms with Crippen molar-refractivity contribution in [1.29, 1.82) is 10.5 Å². The molecule has 1 N–H and O–H groups in total. The Morgan fingerprint density at radius 1 is 0.970 bits per heavy atom. The molecular weight excluding hydrogens is 413 g/mol. The van der Waals surface area contributed by atoms with E-state index in [0.29, 0.717) is 11.1 Å². The number of rotatable bonds is 3. The van der Waals surface area contributed by atoms with E-state index in [1.165, 1.54) is 12.1 Å². The van der Waals surface area contributed by atoms with Crippen LogP contribution in [-0.4, -0.2) is 11.8 Å². The number of carbonyl (C=O) groups excluding carboxylic acids is 1. The number of allylic oxidation sites excluding steroid dienone is 1. The van der Waals surface area contributed by atoms with Gasteiger partial charge >= 0.3 is 0 Å². The Balaban J connectivity index is 1.81. The van der Waals surface area contributed by atoms with Crippen molar-refractivity contribution in [2.75, 3.05) is 0 Å². The van der Waals surface area contributed by atoms with Crippen molar-refractivity contribution in [3.8, 4) is 12.1 Å². The maximum Gasteiger partial charge on any atom is 0.221 e. The molecule has 0 bridgehead atoms. The Hall–Kier alpha value is -4.06. The number of nitriles is 2. The van der Waals surface area contributed by atoms with Crippen LogP contribution in [0.2, 0.25) is 0 Å². The van der Waals surface area contributed by atoms with Gasteiger partial charge in [-0.3, -0.25) is 9.69 Å². The number of nitrogens with one attached hydrogen (secondary N) is 1. The molecule has 0 aromatic heterocycles. The molecule has 0 amide bonds. The van der Waals surface area contributed by atoms with E-state index in [9.17, 15) is 19.7 Å². The molecule has 33 heavy (non-hydrogen) atoms. The molecule has 5 rings (SSSR count). The number of halogens is 1. The van der Waals surface area contributed by atoms with Crippen LogP contribution < -0.4 is 4.90 Å². The first-order chi connectivity index (χ1) is 16.0. The van der Waals surface area contributed by atoms with Gasteiger partial charge in [0, 0.05) is 16.7 Å². The average molecular weight is 434 g/mol. The number of nitrogens with zero attached hydrogens (tertiary/aromatic N) is 2. The standard InChI is InChI=1S/C28H20FN3O/c1-18-15-32-25(26(33)19-8-3-2-4-9-19)24(20-10-7-11-21(29)14-20)28(16-30,17-31)27(32)23-13-6-5-12-22(18)23/h2-15,24-25,27H,1H3/p+1/t24-,25-,27-/m1/s1. The third-order valence-corrected chi connectivity index (χ3v) is 6.97. The number of benzene rings is 3. The summed E-state index contributed by atoms with van der Waals surface area (Å²) in [4.78, 5) is 14.7. The summed E-state index contributed by atoms with van der Waals surface area (Å²) in [6.45, 7) is 1.97. The van der Waals surface area contributed by atoms with Crippen molar-refractivity contribution >= 4 is 11.4 Å². The molecule has 0 radical (unpaired) electrons. The highest BCUT2D eigenvalue weighted by Crippen LogP contribution is 2.52. The fourth-order valence-electron chi connectivity index (χ4n) is 5.64. The van der Waals surface area contributed by atoms with Crippen LogP contribution in [0.4, 0.5) is 4.39 Å². The Bertz CT molecular complexity index is 1350. The molecule has 5 heteroatoms. The van der Waals surface area contributed by atoms with Gasteiger partial charge in [0.1, 0.15) is 5.82 Å². The van der Waals surface area contributed by atoms with Crippen molar-refractivity contribution in [3.63, 3.8) is 0 Å². The second kappa shape index (κ2) is 7.81. The van der Waals surface area contributed by atoms with E-state index in [2.05, 4.69) is 12.1 Å². The summed E-state index contributed by atoms with van der Waals surface area (Å²) in [7, 11) is 0. The molecule has 0 spiro atoms. The van der Waals surface area contributed by atoms with Gasteiger partial charge in [0.05, 0.1) is 24.3 Å². The average Bonchev–Trinajstić information content (AvgIpc) is 3.15. The molecule has 1 saturated heterocycles. The molecule has 2 aliphatic rings. The summed E-state index contributed by atoms with van der Waals surface area (Å²) in [6, 6.07) is 25.8. The largest absolute Gasteiger partial charge is 0.290 e. The van der Waals surface area contributed by atoms with Gasteiger partial charge in [0.15, 0.2) is 12.1 Å². The van der Waals surface area contributed by atoms with E-state index in [1.54, 1.807) is 36.4 Å². The van der Waals surface area contributed by atoms with Crippen molar-refractivity contribution in [2.24, 2.45) is 5.41 Å². The van der Waals surface area contributed by atoms with Gasteiger partial charge in [0.2, 0.25) is 11.2 Å². The predicted octanol–water partition coefficient (Wildman–Crippen LogP) is 4.21. The molecule has 4 atom stereocenters. The van der Waals surface area contributed by atoms with Crippen LogP contribution in [0.25, 0.3) is 5.57 Å². The van der Waals surface area contributed by atoms with Crippen LogP contribution in [-0.2, 0) is 0 Å². The quantitative estimate of drug-likeness (QED) is 0.628. The van der Waals surface area contributed by atoms with E-state index in [0.717, 1.165) is 21.6 Å². The molecule has 4 nitrogen and oxygen atoms in total. The summed E-state index contributed by atoms with van der Waals surface area (Å²) in [5.41, 5.74) is 2.23. The molecule has 1 fully saturated rings. The molecule has 1 unspecified atom stereocenters. The van der Waals surface area contributed by atoms with E-state index in [-0.39, 0.29) is 5.78 Å². The first-order valence-corrected chi connectivity index (χ1v) is 10.8. The maximum atomic E-state index is 14.3. The van der Waals surface area contributed by atoms with Crippen LogP contribution in [0.15, 0.2) is 85.1 Å². The normalized spacial score (nSPS) is 24.5. The Morgan fingerprint density at radius 2 is 1.67 bits per heavy atom. The summed E-state index contributed by atoms with van der Waals surface area (Å²) in [5, 5.41) is 21.0. The number of fused-ring (bicyclic) bond motifs is 3. The Morgan fingerprint density at radius 3 is 2.36 bits per heavy atom. The van der Waals surface area contributed by atoms with Crippen molar-refractivity contribution in [2.45, 2.75) is 24.9 Å². The summed E-state index contributed by atoms with van der Waals surface area (Å²) in [6.07, 6.45) is 1.96. The Kier molecular flexibility index (Phi) is 4.93. The fraction of sp³-hybridized carbons (Fsp3) is 0.179. The molecule has 3 aromatic carbocycles. The van der Waals surface area contributed by atoms with E-state index in [4.69, 9.17) is 0 Å². The maximum absolute atomic E-state index is 14.3. The highest BCUT2D eigenvalue weighted by atomic mass is 19.1. The lowest BCUT2D eigenvalue weighted by Gasteiger charge is -2.31. The van der Waals surface area contributed by atoms with E-state index < -0.39 is 29.2 Å². The highest BCUT2D eigenvalue weighted by Gasteiger charge is 2.68. The monoisotopic (exact) mass is 434 g/mol. The van der Waals surface area contributed by atoms with Gasteiger partial charge < -0.3 is 0 Å². The molecule has 3 aromatic rings. The summed E-state index contributed by atoms with van der Waals surface area (Å²) < 4.78 is 14.3. The molecular formula is C28H21FN3O+. The lowest BCUT2D eigenvalue weighted by Crippen LogP contribution is -3.12. The SMILES string of the molecule is CC1=C[NH+]2[C@@H](C(=O)c3ccccc3)[C@@H](c3cccc(F)c3)C(C#N)(C#N)[C@H]2c2ccccc21. The minimum atomic E-state index is -1.56. The smallest absolute Gasteiger partial charge is 0.221 e. The number of quaternary nitrogens is 1. The zero-order valence-electron chi connectivity index (χ0n) is 18.0. The van der Waals surface area contributed by atoms with Gasteiger partial charge in [-0.15, -0.1) is 0 Å². The topological polar surface area (TPSA) is 69.1 Å². The number of ketones is 1. The van der Waals surface area contributed by atoms with Crippen molar-refractivity contribution in [1.82, 2.24) is 0 Å².